The molecular formula is C22H18F2N8O. The molecule has 1 saturated carbocycles. The van der Waals surface area contributed by atoms with Crippen molar-refractivity contribution >= 4 is 11.0 Å². The molecule has 9 nitrogen and oxygen atoms in total. The minimum Gasteiger partial charge on any atom is -0.310 e. The highest BCUT2D eigenvalue weighted by Gasteiger charge is 2.37. The topological polar surface area (TPSA) is 126 Å². The summed E-state index contributed by atoms with van der Waals surface area (Å²) in [6, 6.07) is 5.97. The Morgan fingerprint density at radius 1 is 1.18 bits per heavy atom. The summed E-state index contributed by atoms with van der Waals surface area (Å²) >= 11 is 0. The molecule has 1 aliphatic rings. The van der Waals surface area contributed by atoms with Gasteiger partial charge in [-0.05, 0) is 37.5 Å². The van der Waals surface area contributed by atoms with Crippen LogP contribution in [0.4, 0.5) is 8.78 Å². The molecule has 4 heterocycles. The van der Waals surface area contributed by atoms with Crippen LogP contribution in [0.1, 0.15) is 72.7 Å². The molecule has 0 unspecified atom stereocenters. The Bertz CT molecular complexity index is 1410. The molecule has 4 aromatic rings. The first-order valence-electron chi connectivity index (χ1n) is 10.4. The Labute approximate surface area is 186 Å². The Balaban J connectivity index is 1.58. The first kappa shape index (κ1) is 20.8. The fourth-order valence-electron chi connectivity index (χ4n) is 4.16. The molecule has 4 aromatic heterocycles. The summed E-state index contributed by atoms with van der Waals surface area (Å²) in [5.41, 5.74) is 0.0261. The summed E-state index contributed by atoms with van der Waals surface area (Å²) in [6.07, 6.45) is 3.72. The molecule has 5 rings (SSSR count). The largest absolute Gasteiger partial charge is 0.310 e. The zero-order valence-electron chi connectivity index (χ0n) is 17.5. The number of nitrogens with one attached hydrogen (secondary N) is 1. The van der Waals surface area contributed by atoms with Crippen LogP contribution in [0.3, 0.4) is 0 Å². The predicted molar refractivity (Wildman–Crippen MR) is 113 cm³/mol. The van der Waals surface area contributed by atoms with E-state index in [1.807, 2.05) is 6.07 Å². The minimum absolute atomic E-state index is 0.0297. The smallest absolute Gasteiger partial charge is 0.280 e. The second kappa shape index (κ2) is 8.12. The van der Waals surface area contributed by atoms with Crippen LogP contribution in [-0.2, 0) is 0 Å². The van der Waals surface area contributed by atoms with E-state index in [9.17, 15) is 18.8 Å². The van der Waals surface area contributed by atoms with Crippen molar-refractivity contribution in [3.63, 3.8) is 0 Å². The number of halogens is 2. The number of pyridine rings is 1. The molecule has 0 saturated heterocycles. The van der Waals surface area contributed by atoms with Crippen molar-refractivity contribution in [2.75, 3.05) is 0 Å². The molecule has 0 bridgehead atoms. The van der Waals surface area contributed by atoms with Crippen LogP contribution in [0.15, 0.2) is 41.6 Å². The Morgan fingerprint density at radius 2 is 1.94 bits per heavy atom. The van der Waals surface area contributed by atoms with E-state index in [4.69, 9.17) is 4.98 Å². The van der Waals surface area contributed by atoms with Gasteiger partial charge in [0.15, 0.2) is 11.3 Å². The molecule has 166 valence electrons. The van der Waals surface area contributed by atoms with Gasteiger partial charge >= 0.3 is 0 Å². The first-order chi connectivity index (χ1) is 16.0. The van der Waals surface area contributed by atoms with Gasteiger partial charge in [0.2, 0.25) is 0 Å². The highest BCUT2D eigenvalue weighted by atomic mass is 19.3. The molecule has 1 fully saturated rings. The monoisotopic (exact) mass is 448 g/mol. The van der Waals surface area contributed by atoms with Crippen molar-refractivity contribution in [2.24, 2.45) is 0 Å². The zero-order chi connectivity index (χ0) is 23.1. The number of aromatic nitrogens is 7. The number of nitriles is 1. The van der Waals surface area contributed by atoms with Crippen LogP contribution in [0.2, 0.25) is 0 Å². The molecule has 3 atom stereocenters. The molecule has 33 heavy (non-hydrogen) atoms. The molecule has 1 N–H and O–H groups in total. The third-order valence-corrected chi connectivity index (χ3v) is 6.11. The summed E-state index contributed by atoms with van der Waals surface area (Å²) in [7, 11) is 0. The predicted octanol–water partition coefficient (Wildman–Crippen LogP) is 3.38. The lowest BCUT2D eigenvalue weighted by atomic mass is 9.72. The standard InChI is InChI=1S/C22H18F2N8O/c1-11(12-3-6-15(18(23)24)28-10-12)32-21-17(16(9-25)31-32)22(33)30-20(29-21)14-5-4-13(14)19-26-7-2-8-27-19/h2-3,6-8,10-11,13-14,18H,4-5H2,1H3,(H,29,30,33)/t11-,13-,14-/m0/s1. The SMILES string of the molecule is C[C@@H](c1ccc(C(F)F)nc1)n1nc(C#N)c2c(=O)[nH]c([C@H]3CC[C@@H]3c3ncccn3)nc21. The van der Waals surface area contributed by atoms with Gasteiger partial charge in [0, 0.05) is 30.4 Å². The van der Waals surface area contributed by atoms with Crippen molar-refractivity contribution < 1.29 is 8.78 Å². The first-order valence-corrected chi connectivity index (χ1v) is 10.4. The van der Waals surface area contributed by atoms with Gasteiger partial charge in [-0.2, -0.15) is 10.4 Å². The molecule has 11 heteroatoms. The van der Waals surface area contributed by atoms with E-state index in [0.717, 1.165) is 12.8 Å². The quantitative estimate of drug-likeness (QED) is 0.496. The van der Waals surface area contributed by atoms with Crippen molar-refractivity contribution in [1.82, 2.24) is 34.7 Å². The summed E-state index contributed by atoms with van der Waals surface area (Å²) in [5, 5.41) is 13.9. The number of aromatic amines is 1. The molecule has 0 aliphatic heterocycles. The highest BCUT2D eigenvalue weighted by molar-refractivity contribution is 5.80. The van der Waals surface area contributed by atoms with Crippen LogP contribution in [0, 0.1) is 11.3 Å². The number of nitrogens with zero attached hydrogens (tertiary/aromatic N) is 7. The number of hydrogen-bond donors (Lipinski definition) is 1. The summed E-state index contributed by atoms with van der Waals surface area (Å²) in [6.45, 7) is 1.78. The van der Waals surface area contributed by atoms with Crippen LogP contribution in [0.25, 0.3) is 11.0 Å². The molecule has 1 aliphatic carbocycles. The molecule has 0 amide bonds. The van der Waals surface area contributed by atoms with Crippen molar-refractivity contribution in [3.8, 4) is 6.07 Å². The van der Waals surface area contributed by atoms with Crippen LogP contribution >= 0.6 is 0 Å². The fraction of sp³-hybridized carbons (Fsp3) is 0.318. The van der Waals surface area contributed by atoms with E-state index in [-0.39, 0.29) is 34.3 Å². The normalized spacial score (nSPS) is 18.8. The van der Waals surface area contributed by atoms with E-state index in [1.165, 1.54) is 23.0 Å². The lowest BCUT2D eigenvalue weighted by Crippen LogP contribution is -2.28. The minimum atomic E-state index is -2.67. The number of rotatable bonds is 5. The van der Waals surface area contributed by atoms with Gasteiger partial charge in [-0.15, -0.1) is 0 Å². The molecule has 0 spiro atoms. The average molecular weight is 448 g/mol. The highest BCUT2D eigenvalue weighted by Crippen LogP contribution is 2.46. The van der Waals surface area contributed by atoms with Gasteiger partial charge in [-0.25, -0.2) is 28.4 Å². The maximum Gasteiger partial charge on any atom is 0.280 e. The Kier molecular flexibility index (Phi) is 5.12. The van der Waals surface area contributed by atoms with Gasteiger partial charge in [-0.3, -0.25) is 9.78 Å². The second-order valence-electron chi connectivity index (χ2n) is 7.95. The third-order valence-electron chi connectivity index (χ3n) is 6.11. The summed E-state index contributed by atoms with van der Waals surface area (Å²) in [5.74, 6) is 1.14. The van der Waals surface area contributed by atoms with Gasteiger partial charge in [-0.1, -0.05) is 6.07 Å². The van der Waals surface area contributed by atoms with Crippen LogP contribution in [0.5, 0.6) is 0 Å². The Hall–Kier alpha value is -4.07. The van der Waals surface area contributed by atoms with Crippen LogP contribution in [-0.4, -0.2) is 34.7 Å². The number of H-pyrrole nitrogens is 1. The fourth-order valence-corrected chi connectivity index (χ4v) is 4.16. The zero-order valence-corrected chi connectivity index (χ0v) is 17.5. The number of alkyl halides is 2. The lowest BCUT2D eigenvalue weighted by molar-refractivity contribution is 0.146. The molecule has 0 radical (unpaired) electrons. The molecule has 0 aromatic carbocycles. The lowest BCUT2D eigenvalue weighted by Gasteiger charge is -2.34. The number of hydrogen-bond acceptors (Lipinski definition) is 7. The maximum atomic E-state index is 12.9. The maximum absolute atomic E-state index is 12.9. The average Bonchev–Trinajstić information content (AvgIpc) is 3.18. The third kappa shape index (κ3) is 3.53. The van der Waals surface area contributed by atoms with Gasteiger partial charge in [0.1, 0.15) is 28.8 Å². The van der Waals surface area contributed by atoms with Crippen molar-refractivity contribution in [2.45, 2.75) is 44.1 Å². The van der Waals surface area contributed by atoms with Crippen molar-refractivity contribution in [3.05, 3.63) is 75.7 Å². The van der Waals surface area contributed by atoms with Gasteiger partial charge in [0.25, 0.3) is 12.0 Å². The number of fused-ring (bicyclic) bond motifs is 1. The Morgan fingerprint density at radius 3 is 2.55 bits per heavy atom. The van der Waals surface area contributed by atoms with E-state index in [2.05, 4.69) is 25.0 Å². The van der Waals surface area contributed by atoms with Crippen molar-refractivity contribution in [1.29, 1.82) is 5.26 Å². The summed E-state index contributed by atoms with van der Waals surface area (Å²) in [4.78, 5) is 32.9. The van der Waals surface area contributed by atoms with E-state index in [0.29, 0.717) is 17.2 Å². The van der Waals surface area contributed by atoms with Crippen LogP contribution < -0.4 is 5.56 Å². The van der Waals surface area contributed by atoms with E-state index < -0.39 is 18.0 Å². The van der Waals surface area contributed by atoms with E-state index in [1.54, 1.807) is 25.4 Å². The van der Waals surface area contributed by atoms with E-state index >= 15 is 0 Å². The molecular weight excluding hydrogens is 430 g/mol. The second-order valence-corrected chi connectivity index (χ2v) is 7.95. The summed E-state index contributed by atoms with van der Waals surface area (Å²) < 4.78 is 27.2. The van der Waals surface area contributed by atoms with Gasteiger partial charge < -0.3 is 4.98 Å². The van der Waals surface area contributed by atoms with Gasteiger partial charge in [0.05, 0.1) is 6.04 Å².